The molecule has 0 bridgehead atoms. The molecule has 0 radical (unpaired) electrons. The van der Waals surface area contributed by atoms with Crippen molar-refractivity contribution in [2.45, 2.75) is 26.7 Å². The van der Waals surface area contributed by atoms with Crippen LogP contribution in [0.1, 0.15) is 25.8 Å². The summed E-state index contributed by atoms with van der Waals surface area (Å²) in [7, 11) is 0. The summed E-state index contributed by atoms with van der Waals surface area (Å²) in [6.45, 7) is 5.06. The molecule has 94 valence electrons. The van der Waals surface area contributed by atoms with Crippen molar-refractivity contribution in [1.82, 2.24) is 0 Å². The molecule has 0 saturated carbocycles. The molecule has 0 aliphatic carbocycles. The third kappa shape index (κ3) is 4.34. The quantitative estimate of drug-likeness (QED) is 0.793. The highest BCUT2D eigenvalue weighted by Crippen LogP contribution is 2.28. The Labute approximate surface area is 101 Å². The largest absolute Gasteiger partial charge is 0.490 e. The molecule has 1 N–H and O–H groups in total. The van der Waals surface area contributed by atoms with Crippen LogP contribution >= 0.6 is 0 Å². The normalized spacial score (nSPS) is 10.0. The summed E-state index contributed by atoms with van der Waals surface area (Å²) >= 11 is 0. The summed E-state index contributed by atoms with van der Waals surface area (Å²) in [5.74, 6) is 0.428. The van der Waals surface area contributed by atoms with Gasteiger partial charge in [-0.1, -0.05) is 13.0 Å². The minimum Gasteiger partial charge on any atom is -0.490 e. The molecule has 0 unspecified atom stereocenters. The molecule has 1 rings (SSSR count). The lowest BCUT2D eigenvalue weighted by molar-refractivity contribution is -0.136. The number of carbonyl (C=O) groups is 1. The lowest BCUT2D eigenvalue weighted by Gasteiger charge is -2.12. The van der Waals surface area contributed by atoms with E-state index in [0.717, 1.165) is 6.42 Å². The lowest BCUT2D eigenvalue weighted by atomic mass is 10.1. The number of rotatable bonds is 7. The van der Waals surface area contributed by atoms with Gasteiger partial charge in [0.25, 0.3) is 0 Å². The standard InChI is InChI=1S/C13H18O4/c1-3-7-17-11-6-5-10(9-13(14)15)8-12(11)16-4-2/h5-6,8H,3-4,7,9H2,1-2H3,(H,14,15). The van der Waals surface area contributed by atoms with Gasteiger partial charge in [-0.3, -0.25) is 4.79 Å². The number of hydrogen-bond acceptors (Lipinski definition) is 3. The summed E-state index contributed by atoms with van der Waals surface area (Å²) in [5, 5.41) is 8.73. The maximum atomic E-state index is 10.6. The van der Waals surface area contributed by atoms with Gasteiger partial charge in [0, 0.05) is 0 Å². The van der Waals surface area contributed by atoms with Crippen LogP contribution in [-0.4, -0.2) is 24.3 Å². The molecule has 0 atom stereocenters. The van der Waals surface area contributed by atoms with Crippen LogP contribution in [0.5, 0.6) is 11.5 Å². The molecule has 4 heteroatoms. The van der Waals surface area contributed by atoms with Crippen LogP contribution in [0.3, 0.4) is 0 Å². The number of benzene rings is 1. The first-order valence-electron chi connectivity index (χ1n) is 5.77. The fourth-order valence-corrected chi connectivity index (χ4v) is 1.44. The first kappa shape index (κ1) is 13.4. The van der Waals surface area contributed by atoms with Gasteiger partial charge in [0.2, 0.25) is 0 Å². The minimum atomic E-state index is -0.852. The van der Waals surface area contributed by atoms with Crippen LogP contribution in [0.4, 0.5) is 0 Å². The molecule has 0 aromatic heterocycles. The lowest BCUT2D eigenvalue weighted by Crippen LogP contribution is -2.03. The Hall–Kier alpha value is -1.71. The zero-order valence-electron chi connectivity index (χ0n) is 10.2. The van der Waals surface area contributed by atoms with E-state index in [9.17, 15) is 4.79 Å². The van der Waals surface area contributed by atoms with E-state index in [1.807, 2.05) is 13.8 Å². The molecule has 0 fully saturated rings. The topological polar surface area (TPSA) is 55.8 Å². The molecule has 0 aliphatic heterocycles. The predicted molar refractivity (Wildman–Crippen MR) is 64.7 cm³/mol. The minimum absolute atomic E-state index is 0.00582. The Kier molecular flexibility index (Phi) is 5.33. The fourth-order valence-electron chi connectivity index (χ4n) is 1.44. The van der Waals surface area contributed by atoms with E-state index in [-0.39, 0.29) is 6.42 Å². The van der Waals surface area contributed by atoms with Crippen molar-refractivity contribution in [2.75, 3.05) is 13.2 Å². The summed E-state index contributed by atoms with van der Waals surface area (Å²) in [5.41, 5.74) is 0.713. The van der Waals surface area contributed by atoms with Gasteiger partial charge in [-0.25, -0.2) is 0 Å². The van der Waals surface area contributed by atoms with Crippen molar-refractivity contribution >= 4 is 5.97 Å². The van der Waals surface area contributed by atoms with E-state index < -0.39 is 5.97 Å². The average Bonchev–Trinajstić information content (AvgIpc) is 2.28. The van der Waals surface area contributed by atoms with E-state index in [0.29, 0.717) is 30.3 Å². The summed E-state index contributed by atoms with van der Waals surface area (Å²) in [4.78, 5) is 10.6. The van der Waals surface area contributed by atoms with Crippen LogP contribution in [0.25, 0.3) is 0 Å². The smallest absolute Gasteiger partial charge is 0.307 e. The van der Waals surface area contributed by atoms with Gasteiger partial charge in [0.1, 0.15) is 0 Å². The monoisotopic (exact) mass is 238 g/mol. The van der Waals surface area contributed by atoms with Crippen LogP contribution in [-0.2, 0) is 11.2 Å². The highest BCUT2D eigenvalue weighted by molar-refractivity contribution is 5.70. The van der Waals surface area contributed by atoms with Crippen molar-refractivity contribution in [1.29, 1.82) is 0 Å². The van der Waals surface area contributed by atoms with Crippen LogP contribution in [0.2, 0.25) is 0 Å². The van der Waals surface area contributed by atoms with Gasteiger partial charge in [0.05, 0.1) is 19.6 Å². The summed E-state index contributed by atoms with van der Waals surface area (Å²) in [6, 6.07) is 5.24. The SMILES string of the molecule is CCCOc1ccc(CC(=O)O)cc1OCC. The zero-order valence-corrected chi connectivity index (χ0v) is 10.2. The Morgan fingerprint density at radius 3 is 2.59 bits per heavy atom. The summed E-state index contributed by atoms with van der Waals surface area (Å²) < 4.78 is 11.0. The second-order valence-electron chi connectivity index (χ2n) is 3.63. The Bertz CT molecular complexity index is 374. The Morgan fingerprint density at radius 2 is 2.00 bits per heavy atom. The van der Waals surface area contributed by atoms with Crippen molar-refractivity contribution in [3.63, 3.8) is 0 Å². The van der Waals surface area contributed by atoms with Gasteiger partial charge in [-0.05, 0) is 31.0 Å². The molecule has 0 heterocycles. The number of aliphatic carboxylic acids is 1. The van der Waals surface area contributed by atoms with E-state index in [1.165, 1.54) is 0 Å². The van der Waals surface area contributed by atoms with Gasteiger partial charge in [-0.15, -0.1) is 0 Å². The maximum absolute atomic E-state index is 10.6. The number of hydrogen-bond donors (Lipinski definition) is 1. The molecule has 0 aliphatic rings. The second kappa shape index (κ2) is 6.78. The van der Waals surface area contributed by atoms with Crippen molar-refractivity contribution in [3.05, 3.63) is 23.8 Å². The third-order valence-corrected chi connectivity index (χ3v) is 2.13. The van der Waals surface area contributed by atoms with Crippen molar-refractivity contribution < 1.29 is 19.4 Å². The molecule has 0 saturated heterocycles. The number of ether oxygens (including phenoxy) is 2. The molecule has 4 nitrogen and oxygen atoms in total. The molecular formula is C13H18O4. The fraction of sp³-hybridized carbons (Fsp3) is 0.462. The van der Waals surface area contributed by atoms with Gasteiger partial charge in [0.15, 0.2) is 11.5 Å². The van der Waals surface area contributed by atoms with Crippen LogP contribution in [0.15, 0.2) is 18.2 Å². The second-order valence-corrected chi connectivity index (χ2v) is 3.63. The molecule has 0 amide bonds. The van der Waals surface area contributed by atoms with E-state index in [1.54, 1.807) is 18.2 Å². The number of carboxylic acid groups (broad SMARTS) is 1. The maximum Gasteiger partial charge on any atom is 0.307 e. The highest BCUT2D eigenvalue weighted by Gasteiger charge is 2.08. The van der Waals surface area contributed by atoms with Gasteiger partial charge in [-0.2, -0.15) is 0 Å². The summed E-state index contributed by atoms with van der Waals surface area (Å²) in [6.07, 6.45) is 0.913. The van der Waals surface area contributed by atoms with Crippen molar-refractivity contribution in [2.24, 2.45) is 0 Å². The molecular weight excluding hydrogens is 220 g/mol. The first-order valence-corrected chi connectivity index (χ1v) is 5.77. The Morgan fingerprint density at radius 1 is 1.24 bits per heavy atom. The molecule has 0 spiro atoms. The number of carboxylic acids is 1. The molecule has 1 aromatic carbocycles. The third-order valence-electron chi connectivity index (χ3n) is 2.13. The highest BCUT2D eigenvalue weighted by atomic mass is 16.5. The van der Waals surface area contributed by atoms with Crippen molar-refractivity contribution in [3.8, 4) is 11.5 Å². The van der Waals surface area contributed by atoms with Gasteiger partial charge < -0.3 is 14.6 Å². The zero-order chi connectivity index (χ0) is 12.7. The van der Waals surface area contributed by atoms with E-state index in [2.05, 4.69) is 0 Å². The average molecular weight is 238 g/mol. The Balaban J connectivity index is 2.86. The molecule has 1 aromatic rings. The van der Waals surface area contributed by atoms with Gasteiger partial charge >= 0.3 is 5.97 Å². The van der Waals surface area contributed by atoms with E-state index >= 15 is 0 Å². The molecule has 17 heavy (non-hydrogen) atoms. The van der Waals surface area contributed by atoms with Crippen LogP contribution in [0, 0.1) is 0 Å². The van der Waals surface area contributed by atoms with Crippen LogP contribution < -0.4 is 9.47 Å². The first-order chi connectivity index (χ1) is 8.17. The predicted octanol–water partition coefficient (Wildman–Crippen LogP) is 2.50. The van der Waals surface area contributed by atoms with E-state index in [4.69, 9.17) is 14.6 Å².